The Bertz CT molecular complexity index is 1000. The van der Waals surface area contributed by atoms with Gasteiger partial charge < -0.3 is 20.1 Å². The number of rotatable bonds is 7. The van der Waals surface area contributed by atoms with Gasteiger partial charge in [-0.1, -0.05) is 54.6 Å². The van der Waals surface area contributed by atoms with E-state index in [0.717, 1.165) is 22.3 Å². The van der Waals surface area contributed by atoms with Gasteiger partial charge in [-0.05, 0) is 35.1 Å². The topological polar surface area (TPSA) is 95.9 Å². The fourth-order valence-corrected chi connectivity index (χ4v) is 4.55. The third-order valence-corrected chi connectivity index (χ3v) is 6.19. The molecule has 0 saturated carbocycles. The zero-order valence-electron chi connectivity index (χ0n) is 17.7. The van der Waals surface area contributed by atoms with Crippen LogP contribution in [0.15, 0.2) is 61.2 Å². The zero-order chi connectivity index (χ0) is 22.7. The number of nitrogens with zero attached hydrogens (tertiary/aromatic N) is 1. The third kappa shape index (κ3) is 4.23. The van der Waals surface area contributed by atoms with Gasteiger partial charge in [-0.25, -0.2) is 4.79 Å². The summed E-state index contributed by atoms with van der Waals surface area (Å²) in [6, 6.07) is 15.3. The van der Waals surface area contributed by atoms with E-state index in [1.165, 1.54) is 4.90 Å². The fraction of sp³-hybridized carbons (Fsp3) is 0.320. The molecule has 1 fully saturated rings. The van der Waals surface area contributed by atoms with Gasteiger partial charge in [0.05, 0.1) is 5.92 Å². The van der Waals surface area contributed by atoms with Gasteiger partial charge in [-0.2, -0.15) is 0 Å². The molecule has 7 heteroatoms. The predicted octanol–water partition coefficient (Wildman–Crippen LogP) is 3.40. The number of alkyl carbamates (subject to hydrolysis) is 1. The van der Waals surface area contributed by atoms with Gasteiger partial charge in [0.2, 0.25) is 5.91 Å². The lowest BCUT2D eigenvalue weighted by Crippen LogP contribution is -2.48. The van der Waals surface area contributed by atoms with Crippen molar-refractivity contribution in [1.82, 2.24) is 10.2 Å². The van der Waals surface area contributed by atoms with Crippen molar-refractivity contribution in [2.45, 2.75) is 24.8 Å². The zero-order valence-corrected chi connectivity index (χ0v) is 17.7. The molecule has 7 nitrogen and oxygen atoms in total. The van der Waals surface area contributed by atoms with E-state index in [0.29, 0.717) is 13.0 Å². The molecule has 0 aromatic heterocycles. The summed E-state index contributed by atoms with van der Waals surface area (Å²) >= 11 is 0. The average Bonchev–Trinajstić information content (AvgIpc) is 3.41. The fourth-order valence-electron chi connectivity index (χ4n) is 4.55. The Morgan fingerprint density at radius 2 is 1.75 bits per heavy atom. The first-order valence-electron chi connectivity index (χ1n) is 10.7. The molecule has 0 radical (unpaired) electrons. The second-order valence-electron chi connectivity index (χ2n) is 8.15. The Morgan fingerprint density at radius 1 is 1.12 bits per heavy atom. The van der Waals surface area contributed by atoms with Crippen molar-refractivity contribution in [3.63, 3.8) is 0 Å². The smallest absolute Gasteiger partial charge is 0.407 e. The number of nitrogens with one attached hydrogen (secondary N) is 1. The first-order valence-corrected chi connectivity index (χ1v) is 10.7. The third-order valence-electron chi connectivity index (χ3n) is 6.19. The van der Waals surface area contributed by atoms with Crippen LogP contribution in [0.4, 0.5) is 4.79 Å². The number of hydrogen-bond donors (Lipinski definition) is 2. The Hall–Kier alpha value is -3.61. The molecule has 166 valence electrons. The lowest BCUT2D eigenvalue weighted by molar-refractivity contribution is -0.141. The van der Waals surface area contributed by atoms with Crippen LogP contribution in [-0.2, 0) is 14.3 Å². The minimum Gasteiger partial charge on any atom is -0.481 e. The lowest BCUT2D eigenvalue weighted by Gasteiger charge is -2.23. The van der Waals surface area contributed by atoms with E-state index in [1.807, 2.05) is 36.4 Å². The van der Waals surface area contributed by atoms with Crippen molar-refractivity contribution in [1.29, 1.82) is 0 Å². The van der Waals surface area contributed by atoms with Gasteiger partial charge in [0, 0.05) is 19.0 Å². The molecular formula is C25H26N2O5. The van der Waals surface area contributed by atoms with E-state index in [9.17, 15) is 14.4 Å². The standard InChI is InChI=1S/C25H26N2O5/c1-2-7-22(23(28)27-13-12-16(14-27)24(29)30)26-25(31)32-15-21-19-10-5-3-8-17(19)18-9-4-6-11-20(18)21/h2-6,8-11,16,21-22H,1,7,12-15H2,(H,26,31)(H,29,30). The monoisotopic (exact) mass is 434 g/mol. The van der Waals surface area contributed by atoms with Crippen LogP contribution in [0.3, 0.4) is 0 Å². The van der Waals surface area contributed by atoms with Crippen LogP contribution in [0.5, 0.6) is 0 Å². The number of carboxylic acid groups (broad SMARTS) is 1. The molecule has 0 spiro atoms. The highest BCUT2D eigenvalue weighted by molar-refractivity contribution is 5.87. The molecule has 2 N–H and O–H groups in total. The number of aliphatic carboxylic acids is 1. The summed E-state index contributed by atoms with van der Waals surface area (Å²) in [5, 5.41) is 11.8. The molecule has 1 aliphatic carbocycles. The highest BCUT2D eigenvalue weighted by Gasteiger charge is 2.35. The molecular weight excluding hydrogens is 408 g/mol. The Labute approximate surface area is 186 Å². The van der Waals surface area contributed by atoms with Crippen LogP contribution in [-0.4, -0.2) is 53.7 Å². The van der Waals surface area contributed by atoms with Crippen molar-refractivity contribution in [2.75, 3.05) is 19.7 Å². The molecule has 2 aliphatic rings. The predicted molar refractivity (Wildman–Crippen MR) is 119 cm³/mol. The number of carbonyl (C=O) groups excluding carboxylic acids is 2. The van der Waals surface area contributed by atoms with Crippen molar-refractivity contribution in [3.05, 3.63) is 72.3 Å². The second-order valence-corrected chi connectivity index (χ2v) is 8.15. The number of likely N-dealkylation sites (tertiary alicyclic amines) is 1. The summed E-state index contributed by atoms with van der Waals surface area (Å²) in [4.78, 5) is 38.1. The molecule has 2 unspecified atom stereocenters. The number of fused-ring (bicyclic) bond motifs is 3. The van der Waals surface area contributed by atoms with Gasteiger partial charge in [0.1, 0.15) is 12.6 Å². The maximum absolute atomic E-state index is 12.8. The Morgan fingerprint density at radius 3 is 2.31 bits per heavy atom. The van der Waals surface area contributed by atoms with Crippen molar-refractivity contribution >= 4 is 18.0 Å². The molecule has 1 aliphatic heterocycles. The number of hydrogen-bond acceptors (Lipinski definition) is 4. The van der Waals surface area contributed by atoms with Crippen LogP contribution < -0.4 is 5.32 Å². The summed E-state index contributed by atoms with van der Waals surface area (Å²) in [7, 11) is 0. The summed E-state index contributed by atoms with van der Waals surface area (Å²) in [5.74, 6) is -1.87. The maximum atomic E-state index is 12.8. The molecule has 1 saturated heterocycles. The molecule has 2 amide bonds. The van der Waals surface area contributed by atoms with Crippen molar-refractivity contribution < 1.29 is 24.2 Å². The van der Waals surface area contributed by atoms with Crippen LogP contribution in [0.1, 0.15) is 29.9 Å². The molecule has 2 atom stereocenters. The first-order chi connectivity index (χ1) is 15.5. The van der Waals surface area contributed by atoms with Gasteiger partial charge in [-0.15, -0.1) is 6.58 Å². The second kappa shape index (κ2) is 9.26. The van der Waals surface area contributed by atoms with Crippen molar-refractivity contribution in [3.8, 4) is 11.1 Å². The van der Waals surface area contributed by atoms with Gasteiger partial charge >= 0.3 is 12.1 Å². The highest BCUT2D eigenvalue weighted by Crippen LogP contribution is 2.44. The number of carboxylic acids is 1. The minimum absolute atomic E-state index is 0.0726. The molecule has 2 aromatic rings. The van der Waals surface area contributed by atoms with E-state index >= 15 is 0 Å². The van der Waals surface area contributed by atoms with Crippen LogP contribution >= 0.6 is 0 Å². The SMILES string of the molecule is C=CCC(NC(=O)OCC1c2ccccc2-c2ccccc21)C(=O)N1CCC(C(=O)O)C1. The van der Waals surface area contributed by atoms with Gasteiger partial charge in [0.25, 0.3) is 0 Å². The van der Waals surface area contributed by atoms with Crippen LogP contribution in [0.2, 0.25) is 0 Å². The van der Waals surface area contributed by atoms with Gasteiger partial charge in [0.15, 0.2) is 0 Å². The molecule has 2 aromatic carbocycles. The lowest BCUT2D eigenvalue weighted by atomic mass is 9.98. The largest absolute Gasteiger partial charge is 0.481 e. The maximum Gasteiger partial charge on any atom is 0.407 e. The average molecular weight is 434 g/mol. The number of ether oxygens (including phenoxy) is 1. The number of amides is 2. The minimum atomic E-state index is -0.912. The quantitative estimate of drug-likeness (QED) is 0.651. The van der Waals surface area contributed by atoms with E-state index in [-0.39, 0.29) is 31.4 Å². The summed E-state index contributed by atoms with van der Waals surface area (Å²) in [5.41, 5.74) is 4.49. The van der Waals surface area contributed by atoms with E-state index in [1.54, 1.807) is 6.08 Å². The molecule has 32 heavy (non-hydrogen) atoms. The van der Waals surface area contributed by atoms with Crippen molar-refractivity contribution in [2.24, 2.45) is 5.92 Å². The van der Waals surface area contributed by atoms with E-state index in [2.05, 4.69) is 24.0 Å². The number of carbonyl (C=O) groups is 3. The number of benzene rings is 2. The van der Waals surface area contributed by atoms with E-state index in [4.69, 9.17) is 9.84 Å². The molecule has 4 rings (SSSR count). The van der Waals surface area contributed by atoms with Crippen LogP contribution in [0, 0.1) is 5.92 Å². The Balaban J connectivity index is 1.40. The first kappa shape index (κ1) is 21.6. The van der Waals surface area contributed by atoms with Crippen LogP contribution in [0.25, 0.3) is 11.1 Å². The highest BCUT2D eigenvalue weighted by atomic mass is 16.5. The molecule has 0 bridgehead atoms. The normalized spacial score (nSPS) is 17.9. The van der Waals surface area contributed by atoms with Gasteiger partial charge in [-0.3, -0.25) is 9.59 Å². The molecule has 1 heterocycles. The van der Waals surface area contributed by atoms with E-state index < -0.39 is 24.0 Å². The summed E-state index contributed by atoms with van der Waals surface area (Å²) < 4.78 is 5.54. The Kier molecular flexibility index (Phi) is 6.25. The summed E-state index contributed by atoms with van der Waals surface area (Å²) in [6.45, 7) is 4.32. The summed E-state index contributed by atoms with van der Waals surface area (Å²) in [6.07, 6.45) is 1.52.